The summed E-state index contributed by atoms with van der Waals surface area (Å²) in [5.74, 6) is 1.39. The summed E-state index contributed by atoms with van der Waals surface area (Å²) in [6.45, 7) is 5.10. The third-order valence-electron chi connectivity index (χ3n) is 9.54. The molecule has 0 bridgehead atoms. The molecule has 1 aromatic heterocycles. The maximum absolute atomic E-state index is 13.9. The normalized spacial score (nSPS) is 10.8. The van der Waals surface area contributed by atoms with Crippen LogP contribution in [0.3, 0.4) is 0 Å². The molecule has 0 atom stereocenters. The van der Waals surface area contributed by atoms with Gasteiger partial charge in [0.15, 0.2) is 23.0 Å². The van der Waals surface area contributed by atoms with Gasteiger partial charge in [-0.05, 0) is 61.1 Å². The predicted molar refractivity (Wildman–Crippen MR) is 218 cm³/mol. The van der Waals surface area contributed by atoms with E-state index in [9.17, 15) is 9.59 Å². The van der Waals surface area contributed by atoms with Crippen molar-refractivity contribution in [1.29, 1.82) is 0 Å². The fraction of sp³-hybridized carbons (Fsp3) is 0.348. The van der Waals surface area contributed by atoms with Crippen molar-refractivity contribution < 1.29 is 33.0 Å². The Hall–Kier alpha value is -5.70. The number of nitrogens with one attached hydrogen (secondary N) is 2. The van der Waals surface area contributed by atoms with E-state index in [1.165, 1.54) is 12.5 Å². The fourth-order valence-electron chi connectivity index (χ4n) is 6.57. The van der Waals surface area contributed by atoms with E-state index < -0.39 is 11.8 Å². The van der Waals surface area contributed by atoms with Crippen LogP contribution in [0.5, 0.6) is 23.0 Å². The molecule has 5 rings (SSSR count). The van der Waals surface area contributed by atoms with Gasteiger partial charge in [-0.2, -0.15) is 0 Å². The van der Waals surface area contributed by atoms with Crippen LogP contribution in [0.1, 0.15) is 108 Å². The summed E-state index contributed by atoms with van der Waals surface area (Å²) in [4.78, 5) is 27.8. The van der Waals surface area contributed by atoms with Gasteiger partial charge in [0.05, 0.1) is 25.3 Å². The molecular formula is C46H54N2O7. The molecule has 0 aliphatic rings. The molecule has 0 aliphatic heterocycles. The van der Waals surface area contributed by atoms with Gasteiger partial charge in [0.2, 0.25) is 0 Å². The van der Waals surface area contributed by atoms with Gasteiger partial charge in [-0.25, -0.2) is 0 Å². The van der Waals surface area contributed by atoms with Crippen LogP contribution in [-0.2, 0) is 26.1 Å². The number of carbonyl (C=O) groups excluding carboxylic acids is 2. The van der Waals surface area contributed by atoms with Crippen LogP contribution in [0.4, 0.5) is 11.4 Å². The zero-order valence-corrected chi connectivity index (χ0v) is 32.6. The lowest BCUT2D eigenvalue weighted by Gasteiger charge is -2.19. The second-order valence-electron chi connectivity index (χ2n) is 13.5. The third-order valence-corrected chi connectivity index (χ3v) is 9.54. The quantitative estimate of drug-likeness (QED) is 0.0679. The average molecular weight is 747 g/mol. The fourth-order valence-corrected chi connectivity index (χ4v) is 6.57. The largest absolute Gasteiger partial charge is 0.492 e. The lowest BCUT2D eigenvalue weighted by atomic mass is 10.0. The topological polar surface area (TPSA) is 108 Å². The first-order chi connectivity index (χ1) is 27.0. The van der Waals surface area contributed by atoms with Crippen molar-refractivity contribution in [3.05, 3.63) is 131 Å². The minimum Gasteiger partial charge on any atom is -0.492 e. The Morgan fingerprint density at radius 3 is 1.35 bits per heavy atom. The molecule has 5 aromatic rings. The number of unbranched alkanes of at least 4 members (excludes halogenated alkanes) is 6. The van der Waals surface area contributed by atoms with Gasteiger partial charge in [-0.3, -0.25) is 9.59 Å². The van der Waals surface area contributed by atoms with Crippen molar-refractivity contribution in [2.75, 3.05) is 24.9 Å². The minimum absolute atomic E-state index is 0.108. The molecule has 4 aromatic carbocycles. The molecule has 0 saturated carbocycles. The van der Waals surface area contributed by atoms with Crippen molar-refractivity contribution in [3.63, 3.8) is 0 Å². The molecule has 2 amide bonds. The Balaban J connectivity index is 1.37. The van der Waals surface area contributed by atoms with Crippen molar-refractivity contribution in [1.82, 2.24) is 0 Å². The first-order valence-electron chi connectivity index (χ1n) is 19.4. The predicted octanol–water partition coefficient (Wildman–Crippen LogP) is 11.2. The van der Waals surface area contributed by atoms with E-state index in [1.54, 1.807) is 26.4 Å². The zero-order valence-electron chi connectivity index (χ0n) is 32.6. The zero-order chi connectivity index (χ0) is 38.8. The molecule has 0 spiro atoms. The van der Waals surface area contributed by atoms with Crippen LogP contribution in [-0.4, -0.2) is 26.0 Å². The van der Waals surface area contributed by atoms with Gasteiger partial charge >= 0.3 is 0 Å². The summed E-state index contributed by atoms with van der Waals surface area (Å²) in [6.07, 6.45) is 12.3. The highest BCUT2D eigenvalue weighted by Gasteiger charge is 2.25. The van der Waals surface area contributed by atoms with E-state index >= 15 is 0 Å². The molecule has 0 unspecified atom stereocenters. The number of anilines is 2. The molecular weight excluding hydrogens is 693 g/mol. The highest BCUT2D eigenvalue weighted by atomic mass is 16.5. The molecule has 9 nitrogen and oxygen atoms in total. The van der Waals surface area contributed by atoms with Crippen molar-refractivity contribution in [3.8, 4) is 23.0 Å². The molecule has 0 radical (unpaired) electrons. The number of ether oxygens (including phenoxy) is 4. The first kappa shape index (κ1) is 40.5. The van der Waals surface area contributed by atoms with Crippen LogP contribution in [0.25, 0.3) is 0 Å². The van der Waals surface area contributed by atoms with Crippen molar-refractivity contribution in [2.24, 2.45) is 0 Å². The van der Waals surface area contributed by atoms with Crippen LogP contribution >= 0.6 is 0 Å². The summed E-state index contributed by atoms with van der Waals surface area (Å²) in [5.41, 5.74) is 5.13. The maximum atomic E-state index is 13.9. The highest BCUT2D eigenvalue weighted by molar-refractivity contribution is 6.15. The molecule has 55 heavy (non-hydrogen) atoms. The summed E-state index contributed by atoms with van der Waals surface area (Å²) in [5, 5.41) is 6.08. The molecule has 0 aliphatic carbocycles. The van der Waals surface area contributed by atoms with E-state index in [-0.39, 0.29) is 11.1 Å². The minimum atomic E-state index is -0.476. The van der Waals surface area contributed by atoms with Gasteiger partial charge in [-0.1, -0.05) is 113 Å². The second-order valence-corrected chi connectivity index (χ2v) is 13.5. The Morgan fingerprint density at radius 2 is 0.964 bits per heavy atom. The number of furan rings is 1. The smallest absolute Gasteiger partial charge is 0.259 e. The van der Waals surface area contributed by atoms with E-state index in [2.05, 4.69) is 24.5 Å². The molecule has 0 saturated heterocycles. The Morgan fingerprint density at radius 1 is 0.545 bits per heavy atom. The summed E-state index contributed by atoms with van der Waals surface area (Å²) in [7, 11) is 3.22. The average Bonchev–Trinajstić information content (AvgIpc) is 3.72. The number of rotatable bonds is 22. The van der Waals surface area contributed by atoms with Crippen LogP contribution < -0.4 is 29.6 Å². The van der Waals surface area contributed by atoms with E-state index in [4.69, 9.17) is 23.4 Å². The van der Waals surface area contributed by atoms with E-state index in [1.807, 2.05) is 72.8 Å². The summed E-state index contributed by atoms with van der Waals surface area (Å²) >= 11 is 0. The number of amides is 2. The van der Waals surface area contributed by atoms with Gasteiger partial charge in [0.25, 0.3) is 11.8 Å². The lowest BCUT2D eigenvalue weighted by Crippen LogP contribution is -2.20. The number of methoxy groups -OCH3 is 2. The summed E-state index contributed by atoms with van der Waals surface area (Å²) in [6, 6.07) is 27.1. The maximum Gasteiger partial charge on any atom is 0.259 e. The van der Waals surface area contributed by atoms with Gasteiger partial charge in [-0.15, -0.1) is 0 Å². The van der Waals surface area contributed by atoms with Crippen molar-refractivity contribution in [2.45, 2.75) is 91.3 Å². The number of hydrogen-bond acceptors (Lipinski definition) is 7. The van der Waals surface area contributed by atoms with E-state index in [0.717, 1.165) is 73.6 Å². The molecule has 290 valence electrons. The first-order valence-corrected chi connectivity index (χ1v) is 19.4. The number of carbonyl (C=O) groups is 2. The van der Waals surface area contributed by atoms with Crippen LogP contribution in [0.2, 0.25) is 0 Å². The molecule has 2 N–H and O–H groups in total. The number of hydrogen-bond donors (Lipinski definition) is 2. The summed E-state index contributed by atoms with van der Waals surface area (Å²) < 4.78 is 29.7. The van der Waals surface area contributed by atoms with Crippen molar-refractivity contribution >= 4 is 23.2 Å². The molecule has 0 fully saturated rings. The highest BCUT2D eigenvalue weighted by Crippen LogP contribution is 2.40. The van der Waals surface area contributed by atoms with Gasteiger partial charge in [0, 0.05) is 22.5 Å². The monoisotopic (exact) mass is 746 g/mol. The molecule has 1 heterocycles. The lowest BCUT2D eigenvalue weighted by molar-refractivity contribution is 0.0991. The van der Waals surface area contributed by atoms with Gasteiger partial charge in [0.1, 0.15) is 25.7 Å². The van der Waals surface area contributed by atoms with Gasteiger partial charge < -0.3 is 34.0 Å². The van der Waals surface area contributed by atoms with Crippen LogP contribution in [0.15, 0.2) is 102 Å². The Bertz CT molecular complexity index is 1820. The molecule has 9 heteroatoms. The second kappa shape index (κ2) is 21.3. The van der Waals surface area contributed by atoms with E-state index in [0.29, 0.717) is 60.4 Å². The third kappa shape index (κ3) is 11.2. The Kier molecular flexibility index (Phi) is 15.6. The SMILES string of the molecule is CCCCCCc1c(NC(=O)c2cocc2C(=O)Nc2ccc(OCc3ccccc3)c(OC)c2CCCCCC)ccc(OCc2ccccc2)c1OC. The number of benzene rings is 4. The standard InChI is InChI=1S/C46H54N2O7/c1-5-7-9-17-23-35-39(25-27-41(43(35)51-3)54-29-33-19-13-11-14-20-33)47-45(49)37-31-53-32-38(37)46(50)48-40-26-28-42(55-30-34-21-15-12-16-22-34)44(52-4)36(40)24-18-10-8-6-2/h11-16,19-22,25-28,31-32H,5-10,17-18,23-24,29-30H2,1-4H3,(H,47,49)(H,48,50). The van der Waals surface area contributed by atoms with Crippen LogP contribution in [0, 0.1) is 0 Å². The Labute approximate surface area is 325 Å².